The Morgan fingerprint density at radius 2 is 1.95 bits per heavy atom. The molecule has 1 amide bonds. The van der Waals surface area contributed by atoms with E-state index in [9.17, 15) is 4.79 Å². The summed E-state index contributed by atoms with van der Waals surface area (Å²) in [6, 6.07) is 10.3. The van der Waals surface area contributed by atoms with Gasteiger partial charge in [-0.3, -0.25) is 4.79 Å². The van der Waals surface area contributed by atoms with E-state index in [1.807, 2.05) is 0 Å². The van der Waals surface area contributed by atoms with Crippen LogP contribution in [0.5, 0.6) is 11.5 Å². The Bertz CT molecular complexity index is 674. The molecule has 2 rings (SSSR count). The van der Waals surface area contributed by atoms with Gasteiger partial charge in [0, 0.05) is 15.8 Å². The van der Waals surface area contributed by atoms with Crippen molar-refractivity contribution in [3.63, 3.8) is 0 Å². The van der Waals surface area contributed by atoms with Crippen LogP contribution in [0.15, 0.2) is 40.9 Å². The highest BCUT2D eigenvalue weighted by molar-refractivity contribution is 9.10. The quantitative estimate of drug-likeness (QED) is 0.829. The average molecular weight is 351 g/mol. The maximum absolute atomic E-state index is 12.4. The Kier molecular flexibility index (Phi) is 4.70. The van der Waals surface area contributed by atoms with E-state index in [2.05, 4.69) is 21.2 Å². The summed E-state index contributed by atoms with van der Waals surface area (Å²) < 4.78 is 11.2. The molecule has 0 aliphatic carbocycles. The van der Waals surface area contributed by atoms with Crippen LogP contribution in [0.25, 0.3) is 0 Å². The highest BCUT2D eigenvalue weighted by Gasteiger charge is 2.16. The second kappa shape index (κ2) is 6.49. The van der Waals surface area contributed by atoms with Gasteiger partial charge < -0.3 is 20.5 Å². The molecule has 0 spiro atoms. The van der Waals surface area contributed by atoms with Crippen LogP contribution < -0.4 is 20.5 Å². The third kappa shape index (κ3) is 3.28. The maximum Gasteiger partial charge on any atom is 0.259 e. The molecule has 0 saturated heterocycles. The van der Waals surface area contributed by atoms with Crippen LogP contribution in [0.2, 0.25) is 0 Å². The third-order valence-electron chi connectivity index (χ3n) is 2.91. The first-order valence-corrected chi connectivity index (χ1v) is 6.93. The van der Waals surface area contributed by atoms with Crippen molar-refractivity contribution in [3.8, 4) is 11.5 Å². The number of benzene rings is 2. The lowest BCUT2D eigenvalue weighted by Gasteiger charge is -2.13. The van der Waals surface area contributed by atoms with E-state index in [0.29, 0.717) is 28.4 Å². The highest BCUT2D eigenvalue weighted by Crippen LogP contribution is 2.31. The van der Waals surface area contributed by atoms with E-state index in [4.69, 9.17) is 15.2 Å². The van der Waals surface area contributed by atoms with Crippen LogP contribution in [-0.4, -0.2) is 20.1 Å². The number of nitrogens with one attached hydrogen (secondary N) is 1. The molecule has 5 nitrogen and oxygen atoms in total. The Balaban J connectivity index is 2.30. The maximum atomic E-state index is 12.4. The molecule has 0 radical (unpaired) electrons. The smallest absolute Gasteiger partial charge is 0.259 e. The summed E-state index contributed by atoms with van der Waals surface area (Å²) in [6.07, 6.45) is 0. The van der Waals surface area contributed by atoms with Crippen molar-refractivity contribution in [3.05, 3.63) is 46.4 Å². The van der Waals surface area contributed by atoms with Gasteiger partial charge in [0.2, 0.25) is 0 Å². The molecule has 0 unspecified atom stereocenters. The number of rotatable bonds is 4. The normalized spacial score (nSPS) is 10.0. The van der Waals surface area contributed by atoms with Gasteiger partial charge in [-0.25, -0.2) is 0 Å². The van der Waals surface area contributed by atoms with E-state index >= 15 is 0 Å². The molecule has 0 aliphatic rings. The lowest BCUT2D eigenvalue weighted by molar-refractivity contribution is 0.102. The summed E-state index contributed by atoms with van der Waals surface area (Å²) in [6.45, 7) is 0. The summed E-state index contributed by atoms with van der Waals surface area (Å²) >= 11 is 3.32. The summed E-state index contributed by atoms with van der Waals surface area (Å²) in [7, 11) is 3.02. The van der Waals surface area contributed by atoms with Crippen molar-refractivity contribution in [2.45, 2.75) is 0 Å². The third-order valence-corrected chi connectivity index (χ3v) is 3.59. The number of nitrogens with two attached hydrogens (primary N) is 1. The van der Waals surface area contributed by atoms with Crippen molar-refractivity contribution >= 4 is 33.2 Å². The second-order valence-electron chi connectivity index (χ2n) is 4.23. The zero-order valence-electron chi connectivity index (χ0n) is 11.6. The fourth-order valence-corrected chi connectivity index (χ4v) is 2.25. The molecule has 21 heavy (non-hydrogen) atoms. The average Bonchev–Trinajstić information content (AvgIpc) is 2.49. The molecule has 0 aromatic heterocycles. The van der Waals surface area contributed by atoms with Gasteiger partial charge in [-0.05, 0) is 46.3 Å². The molecule has 3 N–H and O–H groups in total. The fourth-order valence-electron chi connectivity index (χ4n) is 1.87. The number of para-hydroxylation sites is 1. The monoisotopic (exact) mass is 350 g/mol. The predicted octanol–water partition coefficient (Wildman–Crippen LogP) is 3.30. The lowest BCUT2D eigenvalue weighted by atomic mass is 10.1. The Hall–Kier alpha value is -2.21. The zero-order chi connectivity index (χ0) is 15.4. The standard InChI is InChI=1S/C15H15BrN2O3/c1-20-13-5-3-4-10(14(13)21-2)15(19)18-9-6-7-12(17)11(16)8-9/h3-8H,17H2,1-2H3,(H,18,19). The molecular weight excluding hydrogens is 336 g/mol. The van der Waals surface area contributed by atoms with Crippen LogP contribution in [0.3, 0.4) is 0 Å². The largest absolute Gasteiger partial charge is 0.493 e. The summed E-state index contributed by atoms with van der Waals surface area (Å²) in [5.41, 5.74) is 7.35. The number of nitrogen functional groups attached to an aromatic ring is 1. The van der Waals surface area contributed by atoms with E-state index in [1.54, 1.807) is 36.4 Å². The number of carbonyl (C=O) groups is 1. The summed E-state index contributed by atoms with van der Waals surface area (Å²) in [4.78, 5) is 12.4. The molecular formula is C15H15BrN2O3. The molecule has 0 saturated carbocycles. The number of hydrogen-bond acceptors (Lipinski definition) is 4. The van der Waals surface area contributed by atoms with Crippen LogP contribution in [-0.2, 0) is 0 Å². The van der Waals surface area contributed by atoms with Gasteiger partial charge >= 0.3 is 0 Å². The Labute approximate surface area is 131 Å². The lowest BCUT2D eigenvalue weighted by Crippen LogP contribution is -2.13. The first-order valence-electron chi connectivity index (χ1n) is 6.14. The molecule has 6 heteroatoms. The van der Waals surface area contributed by atoms with Crippen molar-refractivity contribution in [2.24, 2.45) is 0 Å². The van der Waals surface area contributed by atoms with Crippen molar-refractivity contribution in [1.29, 1.82) is 0 Å². The van der Waals surface area contributed by atoms with E-state index in [-0.39, 0.29) is 5.91 Å². The van der Waals surface area contributed by atoms with Crippen LogP contribution in [0, 0.1) is 0 Å². The summed E-state index contributed by atoms with van der Waals surface area (Å²) in [5.74, 6) is 0.609. The molecule has 2 aromatic rings. The van der Waals surface area contributed by atoms with Gasteiger partial charge in [-0.15, -0.1) is 0 Å². The van der Waals surface area contributed by atoms with Gasteiger partial charge in [0.15, 0.2) is 11.5 Å². The molecule has 0 fully saturated rings. The van der Waals surface area contributed by atoms with Gasteiger partial charge in [0.05, 0.1) is 19.8 Å². The SMILES string of the molecule is COc1cccc(C(=O)Nc2ccc(N)c(Br)c2)c1OC. The molecule has 2 aromatic carbocycles. The predicted molar refractivity (Wildman–Crippen MR) is 86.1 cm³/mol. The van der Waals surface area contributed by atoms with Gasteiger partial charge in [-0.1, -0.05) is 6.07 Å². The molecule has 0 atom stereocenters. The van der Waals surface area contributed by atoms with E-state index in [1.165, 1.54) is 14.2 Å². The second-order valence-corrected chi connectivity index (χ2v) is 5.09. The molecule has 0 heterocycles. The number of anilines is 2. The minimum atomic E-state index is -0.289. The minimum absolute atomic E-state index is 0.289. The number of methoxy groups -OCH3 is 2. The Morgan fingerprint density at radius 3 is 2.57 bits per heavy atom. The first kappa shape index (κ1) is 15.2. The molecule has 0 bridgehead atoms. The number of halogens is 1. The minimum Gasteiger partial charge on any atom is -0.493 e. The fraction of sp³-hybridized carbons (Fsp3) is 0.133. The van der Waals surface area contributed by atoms with Crippen molar-refractivity contribution in [1.82, 2.24) is 0 Å². The van der Waals surface area contributed by atoms with E-state index in [0.717, 1.165) is 4.47 Å². The van der Waals surface area contributed by atoms with Crippen molar-refractivity contribution < 1.29 is 14.3 Å². The molecule has 110 valence electrons. The number of hydrogen-bond donors (Lipinski definition) is 2. The van der Waals surface area contributed by atoms with Gasteiger partial charge in [0.25, 0.3) is 5.91 Å². The first-order chi connectivity index (χ1) is 10.1. The highest BCUT2D eigenvalue weighted by atomic mass is 79.9. The van der Waals surface area contributed by atoms with Crippen LogP contribution in [0.4, 0.5) is 11.4 Å². The number of ether oxygens (including phenoxy) is 2. The topological polar surface area (TPSA) is 73.6 Å². The van der Waals surface area contributed by atoms with Crippen LogP contribution >= 0.6 is 15.9 Å². The summed E-state index contributed by atoms with van der Waals surface area (Å²) in [5, 5.41) is 2.79. The Morgan fingerprint density at radius 1 is 1.19 bits per heavy atom. The number of amides is 1. The molecule has 0 aliphatic heterocycles. The van der Waals surface area contributed by atoms with E-state index < -0.39 is 0 Å². The van der Waals surface area contributed by atoms with Gasteiger partial charge in [0.1, 0.15) is 0 Å². The zero-order valence-corrected chi connectivity index (χ0v) is 13.2. The van der Waals surface area contributed by atoms with Crippen LogP contribution in [0.1, 0.15) is 10.4 Å². The number of carbonyl (C=O) groups excluding carboxylic acids is 1. The van der Waals surface area contributed by atoms with Crippen molar-refractivity contribution in [2.75, 3.05) is 25.3 Å². The van der Waals surface area contributed by atoms with Gasteiger partial charge in [-0.2, -0.15) is 0 Å².